The SMILES string of the molecule is CCCn1c(-c2ccc(N)cc2)c(C#N)c2ccc(OCc3ccccc3)cc21.COC. The van der Waals surface area contributed by atoms with Crippen molar-refractivity contribution in [1.82, 2.24) is 4.57 Å². The monoisotopic (exact) mass is 427 g/mol. The van der Waals surface area contributed by atoms with E-state index in [1.54, 1.807) is 14.2 Å². The highest BCUT2D eigenvalue weighted by Gasteiger charge is 2.19. The van der Waals surface area contributed by atoms with Crippen molar-refractivity contribution in [2.75, 3.05) is 20.0 Å². The Morgan fingerprint density at radius 3 is 2.28 bits per heavy atom. The molecule has 1 aromatic heterocycles. The number of anilines is 1. The molecule has 0 aliphatic rings. The summed E-state index contributed by atoms with van der Waals surface area (Å²) in [4.78, 5) is 0. The van der Waals surface area contributed by atoms with Crippen molar-refractivity contribution in [3.8, 4) is 23.1 Å². The topological polar surface area (TPSA) is 73.2 Å². The first-order chi connectivity index (χ1) is 15.6. The van der Waals surface area contributed by atoms with Crippen LogP contribution in [0.25, 0.3) is 22.2 Å². The van der Waals surface area contributed by atoms with Crippen LogP contribution in [0.15, 0.2) is 72.8 Å². The van der Waals surface area contributed by atoms with Gasteiger partial charge >= 0.3 is 0 Å². The number of aromatic nitrogens is 1. The zero-order valence-electron chi connectivity index (χ0n) is 18.8. The third kappa shape index (κ3) is 5.11. The molecular weight excluding hydrogens is 398 g/mol. The molecule has 0 aliphatic carbocycles. The number of hydrogen-bond donors (Lipinski definition) is 1. The molecule has 0 atom stereocenters. The summed E-state index contributed by atoms with van der Waals surface area (Å²) in [5, 5.41) is 10.9. The first kappa shape index (κ1) is 22.9. The Morgan fingerprint density at radius 2 is 1.66 bits per heavy atom. The average Bonchev–Trinajstić information content (AvgIpc) is 3.12. The lowest BCUT2D eigenvalue weighted by Gasteiger charge is -2.11. The van der Waals surface area contributed by atoms with Gasteiger partial charge in [-0.05, 0) is 41.8 Å². The number of aryl methyl sites for hydroxylation is 1. The predicted octanol–water partition coefficient (Wildman–Crippen LogP) is 6.01. The molecule has 0 fully saturated rings. The molecule has 4 rings (SSSR count). The van der Waals surface area contributed by atoms with Crippen molar-refractivity contribution < 1.29 is 9.47 Å². The van der Waals surface area contributed by atoms with Crippen LogP contribution in [0.3, 0.4) is 0 Å². The Balaban J connectivity index is 0.000000913. The second-order valence-corrected chi connectivity index (χ2v) is 7.47. The third-order valence-corrected chi connectivity index (χ3v) is 5.03. The van der Waals surface area contributed by atoms with E-state index in [2.05, 4.69) is 22.3 Å². The second-order valence-electron chi connectivity index (χ2n) is 7.47. The van der Waals surface area contributed by atoms with Crippen LogP contribution in [0, 0.1) is 11.3 Å². The van der Waals surface area contributed by atoms with Crippen molar-refractivity contribution in [2.24, 2.45) is 0 Å². The molecule has 5 heteroatoms. The number of nitriles is 1. The van der Waals surface area contributed by atoms with Crippen molar-refractivity contribution in [2.45, 2.75) is 26.5 Å². The van der Waals surface area contributed by atoms with E-state index in [0.29, 0.717) is 17.9 Å². The van der Waals surface area contributed by atoms with E-state index < -0.39 is 0 Å². The molecular formula is C27H29N3O2. The van der Waals surface area contributed by atoms with Crippen LogP contribution in [-0.4, -0.2) is 18.8 Å². The van der Waals surface area contributed by atoms with Gasteiger partial charge in [0.05, 0.1) is 16.8 Å². The Hall–Kier alpha value is -3.75. The molecule has 0 amide bonds. The zero-order valence-corrected chi connectivity index (χ0v) is 18.8. The summed E-state index contributed by atoms with van der Waals surface area (Å²) in [6.07, 6.45) is 0.964. The van der Waals surface area contributed by atoms with E-state index in [1.165, 1.54) is 0 Å². The highest BCUT2D eigenvalue weighted by atomic mass is 16.5. The van der Waals surface area contributed by atoms with Gasteiger partial charge in [-0.15, -0.1) is 0 Å². The molecule has 0 aliphatic heterocycles. The Morgan fingerprint density at radius 1 is 0.969 bits per heavy atom. The molecule has 4 aromatic rings. The quantitative estimate of drug-likeness (QED) is 0.382. The number of nitrogens with two attached hydrogens (primary N) is 1. The summed E-state index contributed by atoms with van der Waals surface area (Å²) >= 11 is 0. The number of rotatable bonds is 6. The van der Waals surface area contributed by atoms with E-state index in [9.17, 15) is 5.26 Å². The number of fused-ring (bicyclic) bond motifs is 1. The van der Waals surface area contributed by atoms with E-state index in [4.69, 9.17) is 10.5 Å². The smallest absolute Gasteiger partial charge is 0.121 e. The molecule has 32 heavy (non-hydrogen) atoms. The highest BCUT2D eigenvalue weighted by molar-refractivity contribution is 5.95. The number of methoxy groups -OCH3 is 1. The molecule has 0 spiro atoms. The molecule has 2 N–H and O–H groups in total. The second kappa shape index (κ2) is 11.0. The molecule has 0 radical (unpaired) electrons. The summed E-state index contributed by atoms with van der Waals surface area (Å²) in [6, 6.07) is 26.2. The fourth-order valence-corrected chi connectivity index (χ4v) is 3.67. The van der Waals surface area contributed by atoms with Crippen LogP contribution in [0.1, 0.15) is 24.5 Å². The molecule has 0 saturated carbocycles. The van der Waals surface area contributed by atoms with Gasteiger partial charge in [0, 0.05) is 37.9 Å². The van der Waals surface area contributed by atoms with E-state index in [1.807, 2.05) is 72.8 Å². The van der Waals surface area contributed by atoms with Crippen LogP contribution < -0.4 is 10.5 Å². The Bertz CT molecular complexity index is 1190. The Labute approximate surface area is 189 Å². The first-order valence-corrected chi connectivity index (χ1v) is 10.6. The Kier molecular flexibility index (Phi) is 7.91. The summed E-state index contributed by atoms with van der Waals surface area (Å²) in [7, 11) is 3.25. The maximum atomic E-state index is 9.92. The number of hydrogen-bond acceptors (Lipinski definition) is 4. The van der Waals surface area contributed by atoms with Gasteiger partial charge in [0.2, 0.25) is 0 Å². The molecule has 1 heterocycles. The lowest BCUT2D eigenvalue weighted by Crippen LogP contribution is -2.00. The third-order valence-electron chi connectivity index (χ3n) is 5.03. The minimum atomic E-state index is 0.511. The minimum Gasteiger partial charge on any atom is -0.489 e. The van der Waals surface area contributed by atoms with Crippen molar-refractivity contribution in [1.29, 1.82) is 5.26 Å². The molecule has 0 saturated heterocycles. The van der Waals surface area contributed by atoms with Crippen LogP contribution in [-0.2, 0) is 17.9 Å². The van der Waals surface area contributed by atoms with Crippen LogP contribution in [0.5, 0.6) is 5.75 Å². The van der Waals surface area contributed by atoms with Crippen molar-refractivity contribution in [3.63, 3.8) is 0 Å². The lowest BCUT2D eigenvalue weighted by molar-refractivity contribution is 0.277. The molecule has 164 valence electrons. The van der Waals surface area contributed by atoms with Crippen molar-refractivity contribution in [3.05, 3.63) is 83.9 Å². The van der Waals surface area contributed by atoms with Crippen LogP contribution in [0.4, 0.5) is 5.69 Å². The number of nitrogens with zero attached hydrogens (tertiary/aromatic N) is 2. The average molecular weight is 428 g/mol. The molecule has 0 unspecified atom stereocenters. The normalized spacial score (nSPS) is 10.3. The number of nitrogen functional groups attached to an aromatic ring is 1. The van der Waals surface area contributed by atoms with E-state index in [-0.39, 0.29) is 0 Å². The van der Waals surface area contributed by atoms with E-state index >= 15 is 0 Å². The lowest BCUT2D eigenvalue weighted by atomic mass is 10.1. The molecule has 5 nitrogen and oxygen atoms in total. The summed E-state index contributed by atoms with van der Waals surface area (Å²) in [6.45, 7) is 3.47. The minimum absolute atomic E-state index is 0.511. The summed E-state index contributed by atoms with van der Waals surface area (Å²) in [5.74, 6) is 0.796. The van der Waals surface area contributed by atoms with Gasteiger partial charge in [0.25, 0.3) is 0 Å². The van der Waals surface area contributed by atoms with Gasteiger partial charge in [0.1, 0.15) is 18.4 Å². The van der Waals surface area contributed by atoms with Gasteiger partial charge in [-0.3, -0.25) is 0 Å². The van der Waals surface area contributed by atoms with Gasteiger partial charge in [0.15, 0.2) is 0 Å². The molecule has 0 bridgehead atoms. The first-order valence-electron chi connectivity index (χ1n) is 10.6. The highest BCUT2D eigenvalue weighted by Crippen LogP contribution is 2.36. The maximum absolute atomic E-state index is 9.92. The van der Waals surface area contributed by atoms with Crippen LogP contribution >= 0.6 is 0 Å². The predicted molar refractivity (Wildman–Crippen MR) is 130 cm³/mol. The van der Waals surface area contributed by atoms with Gasteiger partial charge in [-0.25, -0.2) is 0 Å². The number of benzene rings is 3. The standard InChI is InChI=1S/C25H23N3O.C2H6O/c1-2-14-28-24-15-21(29-17-18-6-4-3-5-7-18)12-13-22(24)23(16-26)25(28)19-8-10-20(27)11-9-19;1-3-2/h3-13,15H,2,14,17,27H2,1H3;1-2H3. The summed E-state index contributed by atoms with van der Waals surface area (Å²) < 4.78 is 12.5. The fourth-order valence-electron chi connectivity index (χ4n) is 3.67. The van der Waals surface area contributed by atoms with Gasteiger partial charge in [-0.1, -0.05) is 49.4 Å². The summed E-state index contributed by atoms with van der Waals surface area (Å²) in [5.41, 5.74) is 11.3. The van der Waals surface area contributed by atoms with Crippen molar-refractivity contribution >= 4 is 16.6 Å². The van der Waals surface area contributed by atoms with Gasteiger partial charge in [-0.2, -0.15) is 5.26 Å². The maximum Gasteiger partial charge on any atom is 0.121 e. The number of ether oxygens (including phenoxy) is 2. The van der Waals surface area contributed by atoms with Gasteiger partial charge < -0.3 is 19.8 Å². The zero-order chi connectivity index (χ0) is 22.9. The van der Waals surface area contributed by atoms with E-state index in [0.717, 1.165) is 46.4 Å². The molecule has 3 aromatic carbocycles. The largest absolute Gasteiger partial charge is 0.489 e. The van der Waals surface area contributed by atoms with Crippen LogP contribution in [0.2, 0.25) is 0 Å². The fraction of sp³-hybridized carbons (Fsp3) is 0.222.